The van der Waals surface area contributed by atoms with Crippen LogP contribution < -0.4 is 5.73 Å². The van der Waals surface area contributed by atoms with Gasteiger partial charge in [-0.15, -0.1) is 0 Å². The van der Waals surface area contributed by atoms with Crippen LogP contribution in [0, 0.1) is 5.41 Å². The molecule has 0 atom stereocenters. The Bertz CT molecular complexity index is 897. The third-order valence-electron chi connectivity index (χ3n) is 3.92. The Labute approximate surface area is 137 Å². The fraction of sp³-hybridized carbons (Fsp3) is 0.105. The van der Waals surface area contributed by atoms with E-state index in [1.165, 1.54) is 12.1 Å². The van der Waals surface area contributed by atoms with Crippen LogP contribution in [-0.2, 0) is 12.6 Å². The van der Waals surface area contributed by atoms with Crippen molar-refractivity contribution in [2.45, 2.75) is 12.6 Å². The van der Waals surface area contributed by atoms with Crippen LogP contribution in [0.3, 0.4) is 0 Å². The number of amidine groups is 1. The third kappa shape index (κ3) is 3.11. The van der Waals surface area contributed by atoms with E-state index >= 15 is 0 Å². The maximum Gasteiger partial charge on any atom is 0.416 e. The zero-order chi connectivity index (χ0) is 17.3. The summed E-state index contributed by atoms with van der Waals surface area (Å²) in [6.45, 7) is 0. The van der Waals surface area contributed by atoms with E-state index in [4.69, 9.17) is 11.1 Å². The van der Waals surface area contributed by atoms with E-state index in [2.05, 4.69) is 0 Å². The highest BCUT2D eigenvalue weighted by atomic mass is 19.4. The highest BCUT2D eigenvalue weighted by Gasteiger charge is 2.30. The largest absolute Gasteiger partial charge is 0.416 e. The van der Waals surface area contributed by atoms with E-state index in [0.29, 0.717) is 12.0 Å². The Balaban J connectivity index is 2.12. The molecule has 0 aliphatic heterocycles. The topological polar surface area (TPSA) is 49.9 Å². The maximum atomic E-state index is 12.7. The molecule has 5 heteroatoms. The van der Waals surface area contributed by atoms with Gasteiger partial charge in [0.05, 0.1) is 11.4 Å². The molecule has 0 saturated carbocycles. The number of rotatable bonds is 3. The van der Waals surface area contributed by atoms with Crippen LogP contribution in [0.1, 0.15) is 11.1 Å². The monoisotopic (exact) mass is 328 g/mol. The molecular weight excluding hydrogens is 313 g/mol. The Morgan fingerprint density at radius 3 is 2.12 bits per heavy atom. The number of alkyl halides is 3. The first-order valence-electron chi connectivity index (χ1n) is 7.37. The maximum absolute atomic E-state index is 12.7. The van der Waals surface area contributed by atoms with Crippen LogP contribution in [-0.4, -0.2) is 5.84 Å². The molecule has 0 radical (unpaired) electrons. The number of nitrogens with one attached hydrogen (secondary N) is 1. The number of hydrogen-bond donors (Lipinski definition) is 2. The van der Waals surface area contributed by atoms with Gasteiger partial charge < -0.3 is 5.73 Å². The molecule has 3 N–H and O–H groups in total. The number of nitrogens with two attached hydrogens (primary N) is 1. The molecule has 24 heavy (non-hydrogen) atoms. The predicted molar refractivity (Wildman–Crippen MR) is 90.0 cm³/mol. The van der Waals surface area contributed by atoms with Crippen molar-refractivity contribution in [2.75, 3.05) is 0 Å². The van der Waals surface area contributed by atoms with Crippen molar-refractivity contribution < 1.29 is 13.2 Å². The van der Waals surface area contributed by atoms with E-state index in [1.807, 2.05) is 36.4 Å². The van der Waals surface area contributed by atoms with Crippen LogP contribution in [0.5, 0.6) is 0 Å². The molecule has 122 valence electrons. The fourth-order valence-electron chi connectivity index (χ4n) is 2.82. The zero-order valence-corrected chi connectivity index (χ0v) is 12.7. The van der Waals surface area contributed by atoms with E-state index in [0.717, 1.165) is 34.0 Å². The van der Waals surface area contributed by atoms with Crippen molar-refractivity contribution in [3.05, 3.63) is 71.8 Å². The van der Waals surface area contributed by atoms with Gasteiger partial charge in [-0.2, -0.15) is 13.2 Å². The van der Waals surface area contributed by atoms with Gasteiger partial charge in [0, 0.05) is 6.42 Å². The van der Waals surface area contributed by atoms with Crippen molar-refractivity contribution in [1.82, 2.24) is 0 Å². The summed E-state index contributed by atoms with van der Waals surface area (Å²) in [6, 6.07) is 16.5. The first-order valence-corrected chi connectivity index (χ1v) is 7.37. The molecule has 0 amide bonds. The second-order valence-corrected chi connectivity index (χ2v) is 5.59. The van der Waals surface area contributed by atoms with Crippen LogP contribution in [0.15, 0.2) is 60.7 Å². The molecule has 2 nitrogen and oxygen atoms in total. The summed E-state index contributed by atoms with van der Waals surface area (Å²) >= 11 is 0. The minimum Gasteiger partial charge on any atom is -0.387 e. The molecule has 0 aromatic heterocycles. The number of benzene rings is 3. The smallest absolute Gasteiger partial charge is 0.387 e. The Morgan fingerprint density at radius 1 is 0.875 bits per heavy atom. The summed E-state index contributed by atoms with van der Waals surface area (Å²) in [5, 5.41) is 9.35. The van der Waals surface area contributed by atoms with Crippen LogP contribution in [0.2, 0.25) is 0 Å². The summed E-state index contributed by atoms with van der Waals surface area (Å²) < 4.78 is 38.2. The lowest BCUT2D eigenvalue weighted by molar-refractivity contribution is -0.137. The van der Waals surface area contributed by atoms with Gasteiger partial charge >= 0.3 is 6.18 Å². The van der Waals surface area contributed by atoms with E-state index < -0.39 is 11.7 Å². The molecule has 0 spiro atoms. The van der Waals surface area contributed by atoms with Gasteiger partial charge in [0.15, 0.2) is 0 Å². The SMILES string of the molecule is N=C(N)Cc1cccc2c(-c3ccc(C(F)(F)F)cc3)cccc12. The van der Waals surface area contributed by atoms with E-state index in [1.54, 1.807) is 0 Å². The summed E-state index contributed by atoms with van der Waals surface area (Å²) in [5.41, 5.74) is 7.33. The van der Waals surface area contributed by atoms with Crippen LogP contribution in [0.4, 0.5) is 13.2 Å². The first kappa shape index (κ1) is 16.1. The quantitative estimate of drug-likeness (QED) is 0.516. The number of fused-ring (bicyclic) bond motifs is 1. The second kappa shape index (κ2) is 6.00. The van der Waals surface area contributed by atoms with E-state index in [9.17, 15) is 13.2 Å². The third-order valence-corrected chi connectivity index (χ3v) is 3.92. The van der Waals surface area contributed by atoms with Gasteiger partial charge in [-0.1, -0.05) is 48.5 Å². The summed E-state index contributed by atoms with van der Waals surface area (Å²) in [5.74, 6) is 0.0717. The highest BCUT2D eigenvalue weighted by Crippen LogP contribution is 2.34. The lowest BCUT2D eigenvalue weighted by Crippen LogP contribution is -2.12. The minimum atomic E-state index is -4.34. The molecule has 0 aliphatic rings. The van der Waals surface area contributed by atoms with Gasteiger partial charge in [-0.05, 0) is 39.6 Å². The average Bonchev–Trinajstić information content (AvgIpc) is 2.53. The number of hydrogen-bond acceptors (Lipinski definition) is 1. The normalized spacial score (nSPS) is 11.6. The summed E-state index contributed by atoms with van der Waals surface area (Å²) in [4.78, 5) is 0. The van der Waals surface area contributed by atoms with Gasteiger partial charge in [-0.25, -0.2) is 0 Å². The molecule has 0 aliphatic carbocycles. The molecule has 0 saturated heterocycles. The Hall–Kier alpha value is -2.82. The zero-order valence-electron chi connectivity index (χ0n) is 12.7. The van der Waals surface area contributed by atoms with Crippen LogP contribution in [0.25, 0.3) is 21.9 Å². The fourth-order valence-corrected chi connectivity index (χ4v) is 2.82. The second-order valence-electron chi connectivity index (χ2n) is 5.59. The van der Waals surface area contributed by atoms with Crippen molar-refractivity contribution in [3.8, 4) is 11.1 Å². The van der Waals surface area contributed by atoms with Crippen molar-refractivity contribution >= 4 is 16.6 Å². The standard InChI is InChI=1S/C19H15F3N2/c20-19(21,22)14-9-7-12(8-10-14)15-4-2-5-16-13(11-18(23)24)3-1-6-17(15)16/h1-10H,11H2,(H3,23,24). The van der Waals surface area contributed by atoms with Gasteiger partial charge in [0.2, 0.25) is 0 Å². The first-order chi connectivity index (χ1) is 11.4. The van der Waals surface area contributed by atoms with Crippen molar-refractivity contribution in [1.29, 1.82) is 5.41 Å². The molecule has 3 aromatic rings. The Kier molecular flexibility index (Phi) is 4.01. The molecule has 0 fully saturated rings. The molecule has 3 aromatic carbocycles. The van der Waals surface area contributed by atoms with Crippen LogP contribution >= 0.6 is 0 Å². The lowest BCUT2D eigenvalue weighted by Gasteiger charge is -2.12. The molecule has 0 heterocycles. The van der Waals surface area contributed by atoms with Gasteiger partial charge in [0.25, 0.3) is 0 Å². The van der Waals surface area contributed by atoms with E-state index in [-0.39, 0.29) is 5.84 Å². The molecule has 0 unspecified atom stereocenters. The predicted octanol–water partition coefficient (Wildman–Crippen LogP) is 5.00. The number of halogens is 3. The van der Waals surface area contributed by atoms with Crippen molar-refractivity contribution in [3.63, 3.8) is 0 Å². The molecule has 0 bridgehead atoms. The summed E-state index contributed by atoms with van der Waals surface area (Å²) in [7, 11) is 0. The lowest BCUT2D eigenvalue weighted by atomic mass is 9.94. The average molecular weight is 328 g/mol. The molecule has 3 rings (SSSR count). The Morgan fingerprint density at radius 2 is 1.50 bits per heavy atom. The minimum absolute atomic E-state index is 0.0717. The van der Waals surface area contributed by atoms with Gasteiger partial charge in [-0.3, -0.25) is 5.41 Å². The van der Waals surface area contributed by atoms with Gasteiger partial charge in [0.1, 0.15) is 0 Å². The summed E-state index contributed by atoms with van der Waals surface area (Å²) in [6.07, 6.45) is -4.00. The molecular formula is C19H15F3N2. The highest BCUT2D eigenvalue weighted by molar-refractivity contribution is 5.99. The van der Waals surface area contributed by atoms with Crippen molar-refractivity contribution in [2.24, 2.45) is 5.73 Å².